The number of carbonyl (C=O) groups excluding carboxylic acids is 1. The van der Waals surface area contributed by atoms with Crippen LogP contribution in [0.15, 0.2) is 10.9 Å². The number of carbonyl (C=O) groups is 1. The maximum absolute atomic E-state index is 13.1. The van der Waals surface area contributed by atoms with Gasteiger partial charge in [0, 0.05) is 6.54 Å². The number of H-pyrrole nitrogens is 1. The first kappa shape index (κ1) is 13.2. The highest BCUT2D eigenvalue weighted by Crippen LogP contribution is 2.12. The van der Waals surface area contributed by atoms with Gasteiger partial charge in [0.2, 0.25) is 0 Å². The molecule has 0 radical (unpaired) electrons. The Morgan fingerprint density at radius 1 is 1.53 bits per heavy atom. The van der Waals surface area contributed by atoms with E-state index in [0.29, 0.717) is 13.0 Å². The fourth-order valence-corrected chi connectivity index (χ4v) is 1.25. The minimum Gasteiger partial charge on any atom is -0.462 e. The number of hydrogen-bond acceptors (Lipinski definition) is 4. The Morgan fingerprint density at radius 3 is 2.82 bits per heavy atom. The molecule has 0 spiro atoms. The van der Waals surface area contributed by atoms with E-state index in [1.54, 1.807) is 6.92 Å². The minimum absolute atomic E-state index is 0.00241. The quantitative estimate of drug-likeness (QED) is 0.768. The predicted molar refractivity (Wildman–Crippen MR) is 61.8 cm³/mol. The Kier molecular flexibility index (Phi) is 4.68. The van der Waals surface area contributed by atoms with Crippen molar-refractivity contribution in [3.63, 3.8) is 0 Å². The summed E-state index contributed by atoms with van der Waals surface area (Å²) in [5.41, 5.74) is -0.870. The van der Waals surface area contributed by atoms with Gasteiger partial charge in [0.15, 0.2) is 5.82 Å². The van der Waals surface area contributed by atoms with Gasteiger partial charge in [-0.25, -0.2) is 9.18 Å². The molecule has 0 bridgehead atoms. The third kappa shape index (κ3) is 3.30. The summed E-state index contributed by atoms with van der Waals surface area (Å²) in [7, 11) is 0. The lowest BCUT2D eigenvalue weighted by Crippen LogP contribution is -2.19. The highest BCUT2D eigenvalue weighted by atomic mass is 19.1. The molecule has 2 N–H and O–H groups in total. The van der Waals surface area contributed by atoms with Crippen LogP contribution >= 0.6 is 0 Å². The van der Waals surface area contributed by atoms with E-state index < -0.39 is 17.3 Å². The number of halogens is 1. The fraction of sp³-hybridized carbons (Fsp3) is 0.455. The van der Waals surface area contributed by atoms with Crippen molar-refractivity contribution in [2.75, 3.05) is 18.5 Å². The van der Waals surface area contributed by atoms with Crippen molar-refractivity contribution < 1.29 is 13.9 Å². The van der Waals surface area contributed by atoms with Crippen molar-refractivity contribution in [2.24, 2.45) is 0 Å². The summed E-state index contributed by atoms with van der Waals surface area (Å²) in [5.74, 6) is -1.48. The summed E-state index contributed by atoms with van der Waals surface area (Å²) in [4.78, 5) is 25.0. The number of aromatic amines is 1. The Balaban J connectivity index is 3.07. The summed E-state index contributed by atoms with van der Waals surface area (Å²) >= 11 is 0. The van der Waals surface area contributed by atoms with Crippen molar-refractivity contribution in [2.45, 2.75) is 20.3 Å². The van der Waals surface area contributed by atoms with Gasteiger partial charge in [-0.05, 0) is 19.4 Å². The zero-order chi connectivity index (χ0) is 12.8. The van der Waals surface area contributed by atoms with E-state index >= 15 is 0 Å². The molecular formula is C11H15FN2O3. The van der Waals surface area contributed by atoms with E-state index in [0.717, 1.165) is 6.07 Å². The molecule has 0 aliphatic carbocycles. The molecule has 0 aliphatic rings. The highest BCUT2D eigenvalue weighted by Gasteiger charge is 2.16. The molecule has 0 fully saturated rings. The van der Waals surface area contributed by atoms with Crippen molar-refractivity contribution >= 4 is 11.8 Å². The molecule has 1 aromatic rings. The Hall–Kier alpha value is -1.85. The molecule has 0 aliphatic heterocycles. The first-order chi connectivity index (χ1) is 8.10. The van der Waals surface area contributed by atoms with E-state index in [9.17, 15) is 14.0 Å². The second-order valence-electron chi connectivity index (χ2n) is 3.40. The zero-order valence-electron chi connectivity index (χ0n) is 9.80. The Morgan fingerprint density at radius 2 is 2.24 bits per heavy atom. The summed E-state index contributed by atoms with van der Waals surface area (Å²) < 4.78 is 18.0. The van der Waals surface area contributed by atoms with Gasteiger partial charge >= 0.3 is 5.97 Å². The lowest BCUT2D eigenvalue weighted by molar-refractivity contribution is 0.0505. The lowest BCUT2D eigenvalue weighted by Gasteiger charge is -2.09. The monoisotopic (exact) mass is 242 g/mol. The van der Waals surface area contributed by atoms with Crippen LogP contribution in [0.25, 0.3) is 0 Å². The lowest BCUT2D eigenvalue weighted by atomic mass is 10.2. The molecule has 94 valence electrons. The van der Waals surface area contributed by atoms with Crippen molar-refractivity contribution in [3.05, 3.63) is 27.8 Å². The van der Waals surface area contributed by atoms with Gasteiger partial charge in [-0.1, -0.05) is 6.92 Å². The number of anilines is 1. The first-order valence-corrected chi connectivity index (χ1v) is 5.44. The normalized spacial score (nSPS) is 10.1. The second kappa shape index (κ2) is 6.03. The van der Waals surface area contributed by atoms with Gasteiger partial charge in [-0.15, -0.1) is 0 Å². The van der Waals surface area contributed by atoms with Crippen LogP contribution in [-0.2, 0) is 4.74 Å². The average molecular weight is 242 g/mol. The van der Waals surface area contributed by atoms with E-state index in [2.05, 4.69) is 10.3 Å². The van der Waals surface area contributed by atoms with Crippen molar-refractivity contribution in [3.8, 4) is 0 Å². The largest absolute Gasteiger partial charge is 0.462 e. The van der Waals surface area contributed by atoms with Crippen LogP contribution in [0.1, 0.15) is 30.6 Å². The van der Waals surface area contributed by atoms with Gasteiger partial charge in [-0.3, -0.25) is 4.79 Å². The third-order valence-electron chi connectivity index (χ3n) is 2.01. The molecule has 6 heteroatoms. The van der Waals surface area contributed by atoms with Crippen LogP contribution in [0.5, 0.6) is 0 Å². The van der Waals surface area contributed by atoms with Gasteiger partial charge in [0.25, 0.3) is 5.56 Å². The molecular weight excluding hydrogens is 227 g/mol. The maximum atomic E-state index is 13.1. The molecule has 17 heavy (non-hydrogen) atoms. The van der Waals surface area contributed by atoms with E-state index in [4.69, 9.17) is 4.74 Å². The predicted octanol–water partition coefficient (Wildman–Crippen LogP) is 1.51. The minimum atomic E-state index is -1.00. The standard InChI is InChI=1S/C11H15FN2O3/c1-3-5-17-11(16)7-6-8(12)10(15)14-9(7)13-4-2/h6H,3-5H2,1-2H3,(H2,13,14,15). The number of ether oxygens (including phenoxy) is 1. The highest BCUT2D eigenvalue weighted by molar-refractivity contribution is 5.94. The summed E-state index contributed by atoms with van der Waals surface area (Å²) in [6.45, 7) is 4.40. The number of esters is 1. The molecule has 0 saturated carbocycles. The Labute approximate surface area is 98.0 Å². The number of aromatic nitrogens is 1. The summed E-state index contributed by atoms with van der Waals surface area (Å²) in [5, 5.41) is 2.78. The maximum Gasteiger partial charge on any atom is 0.341 e. The smallest absolute Gasteiger partial charge is 0.341 e. The number of nitrogens with one attached hydrogen (secondary N) is 2. The number of pyridine rings is 1. The SMILES string of the molecule is CCCOC(=O)c1cc(F)c(=O)[nH]c1NCC. The molecule has 0 atom stereocenters. The van der Waals surface area contributed by atoms with Crippen molar-refractivity contribution in [1.29, 1.82) is 0 Å². The molecule has 1 rings (SSSR count). The summed E-state index contributed by atoms with van der Waals surface area (Å²) in [6, 6.07) is 0.884. The summed E-state index contributed by atoms with van der Waals surface area (Å²) in [6.07, 6.45) is 0.675. The van der Waals surface area contributed by atoms with Crippen LogP contribution in [0, 0.1) is 5.82 Å². The van der Waals surface area contributed by atoms with Crippen LogP contribution in [-0.4, -0.2) is 24.1 Å². The fourth-order valence-electron chi connectivity index (χ4n) is 1.25. The zero-order valence-corrected chi connectivity index (χ0v) is 9.80. The molecule has 1 aromatic heterocycles. The van der Waals surface area contributed by atoms with Crippen LogP contribution < -0.4 is 10.9 Å². The molecule has 0 aromatic carbocycles. The van der Waals surface area contributed by atoms with E-state index in [1.165, 1.54) is 0 Å². The molecule has 0 saturated heterocycles. The van der Waals surface area contributed by atoms with Crippen LogP contribution in [0.2, 0.25) is 0 Å². The average Bonchev–Trinajstić information content (AvgIpc) is 2.30. The molecule has 0 unspecified atom stereocenters. The number of hydrogen-bond donors (Lipinski definition) is 2. The van der Waals surface area contributed by atoms with Gasteiger partial charge in [0.1, 0.15) is 11.4 Å². The van der Waals surface area contributed by atoms with E-state index in [1.807, 2.05) is 6.92 Å². The van der Waals surface area contributed by atoms with Crippen molar-refractivity contribution in [1.82, 2.24) is 4.98 Å². The van der Waals surface area contributed by atoms with E-state index in [-0.39, 0.29) is 18.0 Å². The van der Waals surface area contributed by atoms with Gasteiger partial charge in [-0.2, -0.15) is 0 Å². The third-order valence-corrected chi connectivity index (χ3v) is 2.01. The first-order valence-electron chi connectivity index (χ1n) is 5.44. The van der Waals surface area contributed by atoms with Gasteiger partial charge < -0.3 is 15.0 Å². The molecule has 5 nitrogen and oxygen atoms in total. The van der Waals surface area contributed by atoms with Crippen LogP contribution in [0.4, 0.5) is 10.2 Å². The van der Waals surface area contributed by atoms with Crippen LogP contribution in [0.3, 0.4) is 0 Å². The Bertz CT molecular complexity index is 457. The molecule has 1 heterocycles. The topological polar surface area (TPSA) is 71.2 Å². The van der Waals surface area contributed by atoms with Gasteiger partial charge in [0.05, 0.1) is 6.61 Å². The second-order valence-corrected chi connectivity index (χ2v) is 3.40. The molecule has 0 amide bonds. The number of rotatable bonds is 5.